The highest BCUT2D eigenvalue weighted by Gasteiger charge is 2.17. The van der Waals surface area contributed by atoms with Gasteiger partial charge in [-0.3, -0.25) is 9.89 Å². The summed E-state index contributed by atoms with van der Waals surface area (Å²) >= 11 is 6.04. The Kier molecular flexibility index (Phi) is 3.54. The zero-order valence-electron chi connectivity index (χ0n) is 11.3. The van der Waals surface area contributed by atoms with E-state index in [2.05, 4.69) is 15.2 Å². The quantitative estimate of drug-likeness (QED) is 0.750. The van der Waals surface area contributed by atoms with Gasteiger partial charge < -0.3 is 0 Å². The lowest BCUT2D eigenvalue weighted by atomic mass is 9.98. The van der Waals surface area contributed by atoms with Crippen molar-refractivity contribution in [2.75, 3.05) is 0 Å². The minimum atomic E-state index is -0.101. The van der Waals surface area contributed by atoms with Gasteiger partial charge in [-0.05, 0) is 25.1 Å². The van der Waals surface area contributed by atoms with E-state index in [1.807, 2.05) is 25.1 Å². The Morgan fingerprint density at radius 3 is 2.57 bits per heavy atom. The van der Waals surface area contributed by atoms with Crippen molar-refractivity contribution in [1.29, 1.82) is 0 Å². The molecule has 0 aliphatic rings. The van der Waals surface area contributed by atoms with Gasteiger partial charge in [0.2, 0.25) is 0 Å². The summed E-state index contributed by atoms with van der Waals surface area (Å²) < 4.78 is 0. The summed E-state index contributed by atoms with van der Waals surface area (Å²) in [5, 5.41) is 7.41. The maximum Gasteiger partial charge on any atom is 0.193 e. The van der Waals surface area contributed by atoms with E-state index in [9.17, 15) is 4.79 Å². The Morgan fingerprint density at radius 1 is 1.14 bits per heavy atom. The predicted molar refractivity (Wildman–Crippen MR) is 81.4 cm³/mol. The minimum absolute atomic E-state index is 0.101. The molecule has 3 aromatic rings. The van der Waals surface area contributed by atoms with Gasteiger partial charge in [0.05, 0.1) is 0 Å². The number of aromatic amines is 1. The number of H-pyrrole nitrogens is 1. The van der Waals surface area contributed by atoms with Gasteiger partial charge in [0.15, 0.2) is 11.6 Å². The Bertz CT molecular complexity index is 796. The Morgan fingerprint density at radius 2 is 1.90 bits per heavy atom. The summed E-state index contributed by atoms with van der Waals surface area (Å²) in [6.07, 6.45) is 0. The van der Waals surface area contributed by atoms with Crippen LogP contribution in [-0.2, 0) is 0 Å². The number of nitrogens with zero attached hydrogens (tertiary/aromatic N) is 2. The second kappa shape index (κ2) is 5.50. The van der Waals surface area contributed by atoms with Crippen LogP contribution >= 0.6 is 11.6 Å². The number of nitrogens with one attached hydrogen (secondary N) is 1. The molecular formula is C16H12ClN3O. The van der Waals surface area contributed by atoms with Crippen LogP contribution in [0.3, 0.4) is 0 Å². The Hall–Kier alpha value is -2.46. The molecule has 3 rings (SSSR count). The van der Waals surface area contributed by atoms with E-state index in [0.717, 1.165) is 0 Å². The molecule has 0 spiro atoms. The fourth-order valence-electron chi connectivity index (χ4n) is 2.11. The molecule has 0 atom stereocenters. The van der Waals surface area contributed by atoms with E-state index in [4.69, 9.17) is 11.6 Å². The molecule has 0 aliphatic heterocycles. The topological polar surface area (TPSA) is 58.6 Å². The largest absolute Gasteiger partial charge is 0.289 e. The second-order valence-corrected chi connectivity index (χ2v) is 5.07. The summed E-state index contributed by atoms with van der Waals surface area (Å²) in [5.41, 5.74) is 1.76. The first-order chi connectivity index (χ1) is 10.1. The summed E-state index contributed by atoms with van der Waals surface area (Å²) in [6.45, 7) is 1.81. The highest BCUT2D eigenvalue weighted by Crippen LogP contribution is 2.26. The number of hydrogen-bond acceptors (Lipinski definition) is 3. The number of hydrogen-bond donors (Lipinski definition) is 1. The highest BCUT2D eigenvalue weighted by molar-refractivity contribution is 6.31. The molecule has 2 aromatic carbocycles. The maximum absolute atomic E-state index is 12.7. The van der Waals surface area contributed by atoms with E-state index >= 15 is 0 Å². The van der Waals surface area contributed by atoms with Crippen LogP contribution in [0.25, 0.3) is 11.4 Å². The van der Waals surface area contributed by atoms with Gasteiger partial charge in [-0.1, -0.05) is 41.9 Å². The SMILES string of the molecule is Cc1nc(-c2ccc(Cl)cc2C(=O)c2ccccc2)n[nH]1. The zero-order valence-corrected chi connectivity index (χ0v) is 12.1. The minimum Gasteiger partial charge on any atom is -0.289 e. The molecule has 0 saturated carbocycles. The van der Waals surface area contributed by atoms with Gasteiger partial charge in [0, 0.05) is 21.7 Å². The van der Waals surface area contributed by atoms with Gasteiger partial charge in [-0.25, -0.2) is 4.98 Å². The lowest BCUT2D eigenvalue weighted by Crippen LogP contribution is -2.04. The van der Waals surface area contributed by atoms with Crippen LogP contribution in [0.4, 0.5) is 0 Å². The molecule has 0 aliphatic carbocycles. The summed E-state index contributed by atoms with van der Waals surface area (Å²) in [6, 6.07) is 14.2. The van der Waals surface area contributed by atoms with Crippen LogP contribution in [0.15, 0.2) is 48.5 Å². The monoisotopic (exact) mass is 297 g/mol. The maximum atomic E-state index is 12.7. The first kappa shape index (κ1) is 13.5. The average Bonchev–Trinajstić information content (AvgIpc) is 2.93. The Balaban J connectivity index is 2.13. The summed E-state index contributed by atoms with van der Waals surface area (Å²) in [4.78, 5) is 17.0. The third-order valence-electron chi connectivity index (χ3n) is 3.10. The molecule has 4 nitrogen and oxygen atoms in total. The molecule has 1 heterocycles. The number of carbonyl (C=O) groups excluding carboxylic acids is 1. The number of benzene rings is 2. The smallest absolute Gasteiger partial charge is 0.193 e. The van der Waals surface area contributed by atoms with Crippen LogP contribution < -0.4 is 0 Å². The van der Waals surface area contributed by atoms with Gasteiger partial charge in [0.1, 0.15) is 5.82 Å². The van der Waals surface area contributed by atoms with Crippen LogP contribution in [0, 0.1) is 6.92 Å². The van der Waals surface area contributed by atoms with Gasteiger partial charge in [-0.15, -0.1) is 0 Å². The lowest BCUT2D eigenvalue weighted by Gasteiger charge is -2.07. The van der Waals surface area contributed by atoms with E-state index in [1.165, 1.54) is 0 Å². The van der Waals surface area contributed by atoms with Crippen molar-refractivity contribution in [3.05, 3.63) is 70.5 Å². The fourth-order valence-corrected chi connectivity index (χ4v) is 2.28. The molecule has 0 saturated heterocycles. The van der Waals surface area contributed by atoms with Crippen molar-refractivity contribution in [1.82, 2.24) is 15.2 Å². The number of halogens is 1. The molecule has 0 fully saturated rings. The molecule has 0 amide bonds. The lowest BCUT2D eigenvalue weighted by molar-refractivity contribution is 0.103. The highest BCUT2D eigenvalue weighted by atomic mass is 35.5. The molecule has 0 radical (unpaired) electrons. The summed E-state index contributed by atoms with van der Waals surface area (Å²) in [5.74, 6) is 1.08. The van der Waals surface area contributed by atoms with Crippen LogP contribution in [0.1, 0.15) is 21.7 Å². The van der Waals surface area contributed by atoms with Gasteiger partial charge in [-0.2, -0.15) is 5.10 Å². The zero-order chi connectivity index (χ0) is 14.8. The van der Waals surface area contributed by atoms with E-state index in [-0.39, 0.29) is 5.78 Å². The molecule has 0 bridgehead atoms. The van der Waals surface area contributed by atoms with E-state index in [1.54, 1.807) is 30.3 Å². The second-order valence-electron chi connectivity index (χ2n) is 4.63. The van der Waals surface area contributed by atoms with Crippen LogP contribution in [-0.4, -0.2) is 21.0 Å². The number of ketones is 1. The van der Waals surface area contributed by atoms with Crippen molar-refractivity contribution < 1.29 is 4.79 Å². The van der Waals surface area contributed by atoms with Crippen molar-refractivity contribution in [3.8, 4) is 11.4 Å². The average molecular weight is 298 g/mol. The van der Waals surface area contributed by atoms with Crippen LogP contribution in [0.5, 0.6) is 0 Å². The van der Waals surface area contributed by atoms with Crippen LogP contribution in [0.2, 0.25) is 5.02 Å². The molecule has 1 aromatic heterocycles. The fraction of sp³-hybridized carbons (Fsp3) is 0.0625. The predicted octanol–water partition coefficient (Wildman–Crippen LogP) is 3.66. The third kappa shape index (κ3) is 2.71. The number of aryl methyl sites for hydroxylation is 1. The van der Waals surface area contributed by atoms with E-state index < -0.39 is 0 Å². The van der Waals surface area contributed by atoms with Gasteiger partial charge >= 0.3 is 0 Å². The number of rotatable bonds is 3. The van der Waals surface area contributed by atoms with Crippen molar-refractivity contribution >= 4 is 17.4 Å². The molecule has 5 heteroatoms. The first-order valence-corrected chi connectivity index (χ1v) is 6.81. The van der Waals surface area contributed by atoms with Crippen molar-refractivity contribution in [2.24, 2.45) is 0 Å². The van der Waals surface area contributed by atoms with Crippen molar-refractivity contribution in [3.63, 3.8) is 0 Å². The molecule has 21 heavy (non-hydrogen) atoms. The molecular weight excluding hydrogens is 286 g/mol. The number of aromatic nitrogens is 3. The Labute approximate surface area is 126 Å². The van der Waals surface area contributed by atoms with E-state index in [0.29, 0.717) is 33.4 Å². The van der Waals surface area contributed by atoms with Gasteiger partial charge in [0.25, 0.3) is 0 Å². The first-order valence-electron chi connectivity index (χ1n) is 6.44. The van der Waals surface area contributed by atoms with Crippen molar-refractivity contribution in [2.45, 2.75) is 6.92 Å². The third-order valence-corrected chi connectivity index (χ3v) is 3.34. The summed E-state index contributed by atoms with van der Waals surface area (Å²) in [7, 11) is 0. The number of carbonyl (C=O) groups is 1. The molecule has 104 valence electrons. The normalized spacial score (nSPS) is 10.6. The molecule has 1 N–H and O–H groups in total. The standard InChI is InChI=1S/C16H12ClN3O/c1-10-18-16(20-19-10)13-8-7-12(17)9-14(13)15(21)11-5-3-2-4-6-11/h2-9H,1H3,(H,18,19,20). The molecule has 0 unspecified atom stereocenters.